The van der Waals surface area contributed by atoms with E-state index in [0.29, 0.717) is 37.2 Å². The maximum atomic E-state index is 12.7. The number of hydrogen-bond acceptors (Lipinski definition) is 7. The molecule has 2 aliphatic rings. The first-order valence-electron chi connectivity index (χ1n) is 9.48. The molecule has 29 heavy (non-hydrogen) atoms. The number of nitriles is 1. The SMILES string of the molecule is C[C@@H]1COCCN1c1ncnc2[nH]c3cc(S(=O)(=O)NC4(C#N)CC4)ccc3c12. The maximum absolute atomic E-state index is 12.7. The fraction of sp³-hybridized carbons (Fsp3) is 0.421. The summed E-state index contributed by atoms with van der Waals surface area (Å²) in [5, 5.41) is 10.9. The number of ether oxygens (including phenoxy) is 1. The molecule has 2 N–H and O–H groups in total. The van der Waals surface area contributed by atoms with E-state index in [0.717, 1.165) is 23.1 Å². The highest BCUT2D eigenvalue weighted by atomic mass is 32.2. The molecule has 0 amide bonds. The number of benzene rings is 1. The quantitative estimate of drug-likeness (QED) is 0.668. The molecule has 1 saturated carbocycles. The van der Waals surface area contributed by atoms with Crippen molar-refractivity contribution in [1.82, 2.24) is 19.7 Å². The Bertz CT molecular complexity index is 1260. The van der Waals surface area contributed by atoms with Gasteiger partial charge in [-0.3, -0.25) is 0 Å². The zero-order valence-electron chi connectivity index (χ0n) is 15.8. The second-order valence-electron chi connectivity index (χ2n) is 7.67. The van der Waals surface area contributed by atoms with Gasteiger partial charge in [0.05, 0.1) is 35.6 Å². The van der Waals surface area contributed by atoms with Crippen molar-refractivity contribution in [2.24, 2.45) is 0 Å². The van der Waals surface area contributed by atoms with Crippen LogP contribution in [0.15, 0.2) is 29.4 Å². The molecule has 2 fully saturated rings. The van der Waals surface area contributed by atoms with E-state index in [1.807, 2.05) is 0 Å². The molecule has 0 unspecified atom stereocenters. The third-order valence-electron chi connectivity index (χ3n) is 5.58. The number of anilines is 1. The van der Waals surface area contributed by atoms with Crippen LogP contribution >= 0.6 is 0 Å². The topological polar surface area (TPSA) is 124 Å². The van der Waals surface area contributed by atoms with Gasteiger partial charge in [0.2, 0.25) is 10.0 Å². The molecule has 3 aromatic rings. The number of hydrogen-bond donors (Lipinski definition) is 2. The lowest BCUT2D eigenvalue weighted by molar-refractivity contribution is 0.0987. The van der Waals surface area contributed by atoms with Gasteiger partial charge in [0.1, 0.15) is 23.3 Å². The average Bonchev–Trinajstić information content (AvgIpc) is 3.37. The van der Waals surface area contributed by atoms with Crippen molar-refractivity contribution in [3.05, 3.63) is 24.5 Å². The fourth-order valence-electron chi connectivity index (χ4n) is 3.80. The molecule has 10 heteroatoms. The monoisotopic (exact) mass is 412 g/mol. The van der Waals surface area contributed by atoms with Gasteiger partial charge in [-0.25, -0.2) is 18.4 Å². The van der Waals surface area contributed by atoms with E-state index in [4.69, 9.17) is 4.74 Å². The zero-order valence-corrected chi connectivity index (χ0v) is 16.7. The first-order valence-corrected chi connectivity index (χ1v) is 11.0. The van der Waals surface area contributed by atoms with E-state index < -0.39 is 15.6 Å². The number of aromatic nitrogens is 3. The summed E-state index contributed by atoms with van der Waals surface area (Å²) in [4.78, 5) is 14.4. The largest absolute Gasteiger partial charge is 0.377 e. The van der Waals surface area contributed by atoms with Gasteiger partial charge in [-0.2, -0.15) is 9.98 Å². The van der Waals surface area contributed by atoms with Crippen molar-refractivity contribution in [3.8, 4) is 6.07 Å². The molecular weight excluding hydrogens is 392 g/mol. The lowest BCUT2D eigenvalue weighted by Crippen LogP contribution is -2.44. The number of morpholine rings is 1. The Hall–Kier alpha value is -2.74. The predicted octanol–water partition coefficient (Wildman–Crippen LogP) is 1.67. The highest BCUT2D eigenvalue weighted by molar-refractivity contribution is 7.89. The molecule has 0 spiro atoms. The maximum Gasteiger partial charge on any atom is 0.242 e. The third-order valence-corrected chi connectivity index (χ3v) is 7.12. The van der Waals surface area contributed by atoms with Crippen molar-refractivity contribution >= 4 is 37.8 Å². The summed E-state index contributed by atoms with van der Waals surface area (Å²) in [5.74, 6) is 0.812. The minimum Gasteiger partial charge on any atom is -0.377 e. The van der Waals surface area contributed by atoms with E-state index in [1.54, 1.807) is 18.2 Å². The first kappa shape index (κ1) is 18.3. The Balaban J connectivity index is 1.61. The molecule has 5 rings (SSSR count). The van der Waals surface area contributed by atoms with E-state index in [2.05, 4.69) is 37.6 Å². The highest BCUT2D eigenvalue weighted by Gasteiger charge is 2.46. The first-order chi connectivity index (χ1) is 13.9. The normalized spacial score (nSPS) is 21.4. The van der Waals surface area contributed by atoms with Crippen molar-refractivity contribution in [2.45, 2.75) is 36.2 Å². The number of rotatable bonds is 4. The summed E-state index contributed by atoms with van der Waals surface area (Å²) in [6.45, 7) is 4.07. The van der Waals surface area contributed by atoms with E-state index in [1.165, 1.54) is 6.33 Å². The number of nitrogens with one attached hydrogen (secondary N) is 2. The number of sulfonamides is 1. The summed E-state index contributed by atoms with van der Waals surface area (Å²) in [6, 6.07) is 7.14. The molecule has 1 saturated heterocycles. The Morgan fingerprint density at radius 1 is 1.38 bits per heavy atom. The summed E-state index contributed by atoms with van der Waals surface area (Å²) < 4.78 is 33.5. The van der Waals surface area contributed by atoms with Crippen molar-refractivity contribution in [3.63, 3.8) is 0 Å². The van der Waals surface area contributed by atoms with Gasteiger partial charge in [-0.05, 0) is 31.9 Å². The Morgan fingerprint density at radius 3 is 2.93 bits per heavy atom. The number of fused-ring (bicyclic) bond motifs is 3. The van der Waals surface area contributed by atoms with Gasteiger partial charge in [0, 0.05) is 17.4 Å². The summed E-state index contributed by atoms with van der Waals surface area (Å²) in [5.41, 5.74) is 0.355. The van der Waals surface area contributed by atoms with Crippen molar-refractivity contribution in [1.29, 1.82) is 5.26 Å². The van der Waals surface area contributed by atoms with Crippen LogP contribution in [0.25, 0.3) is 21.9 Å². The Kier molecular flexibility index (Phi) is 4.03. The molecule has 1 aliphatic carbocycles. The minimum atomic E-state index is -3.79. The fourth-order valence-corrected chi connectivity index (χ4v) is 5.20. The summed E-state index contributed by atoms with van der Waals surface area (Å²) in [7, 11) is -3.79. The molecule has 0 radical (unpaired) electrons. The zero-order chi connectivity index (χ0) is 20.2. The van der Waals surface area contributed by atoms with Crippen LogP contribution < -0.4 is 9.62 Å². The smallest absolute Gasteiger partial charge is 0.242 e. The Labute approximate surface area is 167 Å². The van der Waals surface area contributed by atoms with Crippen molar-refractivity contribution in [2.75, 3.05) is 24.7 Å². The van der Waals surface area contributed by atoms with Crippen LogP contribution in [0.4, 0.5) is 5.82 Å². The van der Waals surface area contributed by atoms with Gasteiger partial charge < -0.3 is 14.6 Å². The molecule has 9 nitrogen and oxygen atoms in total. The van der Waals surface area contributed by atoms with E-state index in [-0.39, 0.29) is 10.9 Å². The molecule has 1 aliphatic heterocycles. The molecule has 1 aromatic carbocycles. The van der Waals surface area contributed by atoms with Gasteiger partial charge in [-0.1, -0.05) is 6.07 Å². The molecule has 1 atom stereocenters. The third kappa shape index (κ3) is 3.02. The standard InChI is InChI=1S/C19H20N6O3S/c1-12-9-28-7-6-25(12)18-16-14-3-2-13(8-15(14)23-17(16)21-11-22-18)29(26,27)24-19(10-20)4-5-19/h2-3,8,11-12,24H,4-7,9H2,1H3,(H,21,22,23)/t12-/m1/s1. The highest BCUT2D eigenvalue weighted by Crippen LogP contribution is 2.37. The second-order valence-corrected chi connectivity index (χ2v) is 9.35. The number of H-pyrrole nitrogens is 1. The second kappa shape index (κ2) is 6.38. The Morgan fingerprint density at radius 2 is 2.21 bits per heavy atom. The molecule has 2 aromatic heterocycles. The average molecular weight is 412 g/mol. The number of nitrogens with zero attached hydrogens (tertiary/aromatic N) is 4. The van der Waals surface area contributed by atoms with Gasteiger partial charge in [-0.15, -0.1) is 0 Å². The van der Waals surface area contributed by atoms with Crippen LogP contribution in [0.5, 0.6) is 0 Å². The predicted molar refractivity (Wildman–Crippen MR) is 107 cm³/mol. The lowest BCUT2D eigenvalue weighted by atomic mass is 10.1. The van der Waals surface area contributed by atoms with Crippen LogP contribution in [-0.4, -0.2) is 54.7 Å². The van der Waals surface area contributed by atoms with Crippen LogP contribution in [0, 0.1) is 11.3 Å². The minimum absolute atomic E-state index is 0.118. The molecular formula is C19H20N6O3S. The van der Waals surface area contributed by atoms with Crippen LogP contribution in [0.2, 0.25) is 0 Å². The van der Waals surface area contributed by atoms with Gasteiger partial charge >= 0.3 is 0 Å². The molecule has 150 valence electrons. The van der Waals surface area contributed by atoms with Gasteiger partial charge in [0.15, 0.2) is 0 Å². The van der Waals surface area contributed by atoms with Gasteiger partial charge in [0.25, 0.3) is 0 Å². The summed E-state index contributed by atoms with van der Waals surface area (Å²) >= 11 is 0. The van der Waals surface area contributed by atoms with E-state index in [9.17, 15) is 13.7 Å². The van der Waals surface area contributed by atoms with Crippen LogP contribution in [0.1, 0.15) is 19.8 Å². The summed E-state index contributed by atoms with van der Waals surface area (Å²) in [6.07, 6.45) is 2.58. The number of aromatic amines is 1. The molecule has 3 heterocycles. The van der Waals surface area contributed by atoms with Crippen LogP contribution in [0.3, 0.4) is 0 Å². The van der Waals surface area contributed by atoms with Crippen LogP contribution in [-0.2, 0) is 14.8 Å². The van der Waals surface area contributed by atoms with E-state index >= 15 is 0 Å². The molecule has 0 bridgehead atoms. The lowest BCUT2D eigenvalue weighted by Gasteiger charge is -2.34. The van der Waals surface area contributed by atoms with Crippen molar-refractivity contribution < 1.29 is 13.2 Å².